The van der Waals surface area contributed by atoms with Crippen LogP contribution in [0.5, 0.6) is 0 Å². The number of hydrogen-bond donors (Lipinski definition) is 1. The Morgan fingerprint density at radius 2 is 2.16 bits per heavy atom. The van der Waals surface area contributed by atoms with Gasteiger partial charge in [0, 0.05) is 37.3 Å². The second-order valence-electron chi connectivity index (χ2n) is 5.36. The summed E-state index contributed by atoms with van der Waals surface area (Å²) in [6.45, 7) is 4.79. The van der Waals surface area contributed by atoms with Gasteiger partial charge in [-0.05, 0) is 26.1 Å². The van der Waals surface area contributed by atoms with Gasteiger partial charge >= 0.3 is 0 Å². The summed E-state index contributed by atoms with van der Waals surface area (Å²) in [6, 6.07) is 8.14. The first-order valence-electron chi connectivity index (χ1n) is 6.72. The minimum Gasteiger partial charge on any atom is -0.361 e. The van der Waals surface area contributed by atoms with Gasteiger partial charge in [-0.25, -0.2) is 0 Å². The highest BCUT2D eigenvalue weighted by molar-refractivity contribution is 6.05. The molecule has 1 N–H and O–H groups in total. The molecule has 3 rings (SSSR count). The molecule has 1 atom stereocenters. The average molecular weight is 257 g/mol. The molecule has 1 fully saturated rings. The number of nitrogens with one attached hydrogen (secondary N) is 1. The molecule has 1 aromatic carbocycles. The lowest BCUT2D eigenvalue weighted by atomic mass is 10.1. The van der Waals surface area contributed by atoms with Gasteiger partial charge in [-0.15, -0.1) is 0 Å². The molecule has 0 spiro atoms. The Balaban J connectivity index is 1.93. The second kappa shape index (κ2) is 4.70. The SMILES string of the molecule is CC1CN(C)CCN1C(=O)c1cccc2cc[nH]c12. The summed E-state index contributed by atoms with van der Waals surface area (Å²) in [6.07, 6.45) is 1.88. The topological polar surface area (TPSA) is 39.3 Å². The van der Waals surface area contributed by atoms with Gasteiger partial charge in [0.1, 0.15) is 0 Å². The van der Waals surface area contributed by atoms with E-state index in [0.29, 0.717) is 0 Å². The second-order valence-corrected chi connectivity index (χ2v) is 5.36. The molecule has 4 heteroatoms. The van der Waals surface area contributed by atoms with Crippen LogP contribution in [0.15, 0.2) is 30.5 Å². The lowest BCUT2D eigenvalue weighted by molar-refractivity contribution is 0.0535. The lowest BCUT2D eigenvalue weighted by Gasteiger charge is -2.38. The van der Waals surface area contributed by atoms with Crippen molar-refractivity contribution in [2.45, 2.75) is 13.0 Å². The molecule has 1 aliphatic heterocycles. The van der Waals surface area contributed by atoms with Crippen LogP contribution in [0.3, 0.4) is 0 Å². The number of carbonyl (C=O) groups is 1. The van der Waals surface area contributed by atoms with Gasteiger partial charge in [-0.2, -0.15) is 0 Å². The molecule has 0 saturated carbocycles. The highest BCUT2D eigenvalue weighted by Crippen LogP contribution is 2.20. The third-order valence-electron chi connectivity index (χ3n) is 3.91. The van der Waals surface area contributed by atoms with Crippen LogP contribution in [0.4, 0.5) is 0 Å². The number of benzene rings is 1. The molecule has 4 nitrogen and oxygen atoms in total. The van der Waals surface area contributed by atoms with Crippen molar-refractivity contribution in [1.29, 1.82) is 0 Å². The quantitative estimate of drug-likeness (QED) is 0.848. The number of fused-ring (bicyclic) bond motifs is 1. The highest BCUT2D eigenvalue weighted by atomic mass is 16.2. The first-order valence-corrected chi connectivity index (χ1v) is 6.72. The Labute approximate surface area is 113 Å². The van der Waals surface area contributed by atoms with Gasteiger partial charge in [0.15, 0.2) is 0 Å². The third-order valence-corrected chi connectivity index (χ3v) is 3.91. The van der Waals surface area contributed by atoms with Crippen molar-refractivity contribution >= 4 is 16.8 Å². The number of H-pyrrole nitrogens is 1. The number of piperazine rings is 1. The molecular formula is C15H19N3O. The van der Waals surface area contributed by atoms with E-state index < -0.39 is 0 Å². The van der Waals surface area contributed by atoms with Crippen LogP contribution < -0.4 is 0 Å². The van der Waals surface area contributed by atoms with E-state index in [1.165, 1.54) is 0 Å². The van der Waals surface area contributed by atoms with E-state index in [0.717, 1.165) is 36.1 Å². The maximum absolute atomic E-state index is 12.7. The van der Waals surface area contributed by atoms with E-state index in [1.54, 1.807) is 0 Å². The number of hydrogen-bond acceptors (Lipinski definition) is 2. The highest BCUT2D eigenvalue weighted by Gasteiger charge is 2.27. The van der Waals surface area contributed by atoms with Crippen LogP contribution in [-0.4, -0.2) is 53.4 Å². The third kappa shape index (κ3) is 2.12. The fraction of sp³-hybridized carbons (Fsp3) is 0.400. The Morgan fingerprint density at radius 3 is 2.95 bits per heavy atom. The van der Waals surface area contributed by atoms with Gasteiger partial charge in [0.05, 0.1) is 11.1 Å². The molecule has 1 aliphatic rings. The fourth-order valence-corrected chi connectivity index (χ4v) is 2.86. The average Bonchev–Trinajstić information content (AvgIpc) is 2.86. The van der Waals surface area contributed by atoms with Crippen LogP contribution in [0, 0.1) is 0 Å². The molecule has 1 unspecified atom stereocenters. The van der Waals surface area contributed by atoms with Crippen LogP contribution in [0.1, 0.15) is 17.3 Å². The largest absolute Gasteiger partial charge is 0.361 e. The van der Waals surface area contributed by atoms with Crippen molar-refractivity contribution in [1.82, 2.24) is 14.8 Å². The Bertz CT molecular complexity index is 604. The van der Waals surface area contributed by atoms with E-state index in [1.807, 2.05) is 35.4 Å². The molecule has 1 saturated heterocycles. The monoisotopic (exact) mass is 257 g/mol. The van der Waals surface area contributed by atoms with Crippen LogP contribution >= 0.6 is 0 Å². The summed E-state index contributed by atoms with van der Waals surface area (Å²) in [7, 11) is 2.10. The number of para-hydroxylation sites is 1. The Morgan fingerprint density at radius 1 is 1.32 bits per heavy atom. The zero-order valence-electron chi connectivity index (χ0n) is 11.4. The molecule has 2 aromatic rings. The number of aromatic amines is 1. The smallest absolute Gasteiger partial charge is 0.256 e. The normalized spacial score (nSPS) is 20.9. The van der Waals surface area contributed by atoms with Gasteiger partial charge in [-0.1, -0.05) is 12.1 Å². The standard InChI is InChI=1S/C15H19N3O/c1-11-10-17(2)8-9-18(11)15(19)13-5-3-4-12-6-7-16-14(12)13/h3-7,11,16H,8-10H2,1-2H3. The molecule has 1 amide bonds. The summed E-state index contributed by atoms with van der Waals surface area (Å²) in [4.78, 5) is 20.1. The van der Waals surface area contributed by atoms with Crippen molar-refractivity contribution in [2.24, 2.45) is 0 Å². The van der Waals surface area contributed by atoms with Crippen molar-refractivity contribution in [3.63, 3.8) is 0 Å². The van der Waals surface area contributed by atoms with E-state index in [2.05, 4.69) is 23.9 Å². The van der Waals surface area contributed by atoms with Gasteiger partial charge in [0.25, 0.3) is 5.91 Å². The first kappa shape index (κ1) is 12.2. The summed E-state index contributed by atoms with van der Waals surface area (Å²) >= 11 is 0. The zero-order valence-corrected chi connectivity index (χ0v) is 11.4. The van der Waals surface area contributed by atoms with Gasteiger partial charge in [0.2, 0.25) is 0 Å². The maximum atomic E-state index is 12.7. The van der Waals surface area contributed by atoms with Gasteiger partial charge in [-0.3, -0.25) is 4.79 Å². The van der Waals surface area contributed by atoms with Crippen molar-refractivity contribution < 1.29 is 4.79 Å². The molecule has 19 heavy (non-hydrogen) atoms. The van der Waals surface area contributed by atoms with E-state index >= 15 is 0 Å². The zero-order chi connectivity index (χ0) is 13.4. The van der Waals surface area contributed by atoms with E-state index in [4.69, 9.17) is 0 Å². The van der Waals surface area contributed by atoms with Gasteiger partial charge < -0.3 is 14.8 Å². The van der Waals surface area contributed by atoms with Crippen LogP contribution in [0.2, 0.25) is 0 Å². The number of likely N-dealkylation sites (N-methyl/N-ethyl adjacent to an activating group) is 1. The predicted octanol–water partition coefficient (Wildman–Crippen LogP) is 1.94. The summed E-state index contributed by atoms with van der Waals surface area (Å²) in [5.41, 5.74) is 1.72. The number of amides is 1. The number of aromatic nitrogens is 1. The number of nitrogens with zero attached hydrogens (tertiary/aromatic N) is 2. The molecule has 100 valence electrons. The molecule has 1 aromatic heterocycles. The Kier molecular flexibility index (Phi) is 3.03. The minimum absolute atomic E-state index is 0.133. The van der Waals surface area contributed by atoms with Crippen molar-refractivity contribution in [3.8, 4) is 0 Å². The minimum atomic E-state index is 0.133. The number of carbonyl (C=O) groups excluding carboxylic acids is 1. The lowest BCUT2D eigenvalue weighted by Crippen LogP contribution is -2.52. The Hall–Kier alpha value is -1.81. The van der Waals surface area contributed by atoms with E-state index in [-0.39, 0.29) is 11.9 Å². The summed E-state index contributed by atoms with van der Waals surface area (Å²) in [5.74, 6) is 0.133. The first-order chi connectivity index (χ1) is 9.16. The fourth-order valence-electron chi connectivity index (χ4n) is 2.86. The van der Waals surface area contributed by atoms with Crippen LogP contribution in [-0.2, 0) is 0 Å². The maximum Gasteiger partial charge on any atom is 0.256 e. The van der Waals surface area contributed by atoms with Crippen molar-refractivity contribution in [3.05, 3.63) is 36.0 Å². The molecular weight excluding hydrogens is 238 g/mol. The number of rotatable bonds is 1. The summed E-state index contributed by atoms with van der Waals surface area (Å²) in [5, 5.41) is 1.09. The predicted molar refractivity (Wildman–Crippen MR) is 76.3 cm³/mol. The molecule has 0 aliphatic carbocycles. The summed E-state index contributed by atoms with van der Waals surface area (Å²) < 4.78 is 0. The molecule has 0 bridgehead atoms. The van der Waals surface area contributed by atoms with Crippen molar-refractivity contribution in [2.75, 3.05) is 26.7 Å². The van der Waals surface area contributed by atoms with E-state index in [9.17, 15) is 4.79 Å². The molecule has 0 radical (unpaired) electrons. The van der Waals surface area contributed by atoms with Crippen LogP contribution in [0.25, 0.3) is 10.9 Å². The molecule has 2 heterocycles.